The Kier molecular flexibility index (Phi) is 29.7. The Morgan fingerprint density at radius 3 is 2.01 bits per heavy atom. The van der Waals surface area contributed by atoms with Gasteiger partial charge in [-0.25, -0.2) is 4.79 Å². The van der Waals surface area contributed by atoms with Gasteiger partial charge in [-0.05, 0) is 115 Å². The van der Waals surface area contributed by atoms with Crippen LogP contribution in [0.2, 0.25) is 0 Å². The first-order chi connectivity index (χ1) is 35.7. The lowest BCUT2D eigenvalue weighted by molar-refractivity contribution is -0.142. The van der Waals surface area contributed by atoms with E-state index in [-0.39, 0.29) is 89.0 Å². The lowest BCUT2D eigenvalue weighted by Gasteiger charge is -2.30. The number of amides is 7. The smallest absolute Gasteiger partial charge is 0.331 e. The summed E-state index contributed by atoms with van der Waals surface area (Å²) in [4.78, 5) is 126. The highest BCUT2D eigenvalue weighted by molar-refractivity contribution is 5.98. The number of aliphatic hydroxyl groups excluding tert-OH is 1. The Morgan fingerprint density at radius 1 is 0.760 bits per heavy atom. The minimum atomic E-state index is -1.56. The molecule has 0 unspecified atom stereocenters. The standard InChI is InChI=1S/C48H82N16O11/c1-28(59-45(72)40(38(66)26-52)63-42(69)32(54)10-2-4-20-49)41(68)58-27-39(67)60-34(12-6-22-51)46(73)64-24-8-13-36(64)44(71)62-35(25-29-14-17-31(53)18-15-29)43(70)61-33(11-3-5-21-50)37(65)19-16-30(47(74)75)9-7-23-57-48(55)56/h9,14-15,17-18,28,32-36,38,40,66H,2-8,10-13,16,19-27,49-54H2,1H3,(H,58,68)(H,59,72)(H,60,67)(H,61,70)(H,62,71)(H,63,69)(H,74,75)(H4,55,56,57)/b30-9+/t28-,32-,33-,34+,35-,36-,38-,40-/m0/s1. The summed E-state index contributed by atoms with van der Waals surface area (Å²) < 4.78 is 0. The third-order valence-electron chi connectivity index (χ3n) is 12.3. The molecule has 420 valence electrons. The van der Waals surface area contributed by atoms with Gasteiger partial charge < -0.3 is 92.9 Å². The Morgan fingerprint density at radius 2 is 1.40 bits per heavy atom. The SMILES string of the molecule is C[C@H](NC(=O)[C@@H](NC(=O)[C@@H](N)CCCCN)[C@@H](O)CN)C(=O)NCC(=O)N[C@H](CCCN)C(=O)N1CCC[C@H]1C(=O)N[C@@H](Cc1ccc(N)cc1)C(=O)N[C@@H](CCCCN)C(=O)CC/C(=C\CCN=C(N)N)C(=O)O. The summed E-state index contributed by atoms with van der Waals surface area (Å²) in [5, 5.41) is 35.5. The maximum atomic E-state index is 14.2. The van der Waals surface area contributed by atoms with Gasteiger partial charge in [-0.2, -0.15) is 0 Å². The van der Waals surface area contributed by atoms with E-state index in [0.717, 1.165) is 0 Å². The molecule has 0 spiro atoms. The molecule has 0 saturated carbocycles. The Bertz CT molecular complexity index is 2110. The molecule has 27 heteroatoms. The number of hydrogen-bond donors (Lipinski definition) is 16. The number of rotatable bonds is 36. The number of aliphatic carboxylic acids is 1. The number of nitrogens with two attached hydrogens (primary N) is 8. The number of nitrogens with one attached hydrogen (secondary N) is 6. The first kappa shape index (κ1) is 64.3. The number of aliphatic imine (C=N–C) groups is 1. The second-order valence-electron chi connectivity index (χ2n) is 18.3. The van der Waals surface area contributed by atoms with E-state index < -0.39 is 115 Å². The minimum absolute atomic E-state index is 0.0356. The number of likely N-dealkylation sites (tertiary alicyclic amines) is 1. The number of benzene rings is 1. The maximum Gasteiger partial charge on any atom is 0.331 e. The van der Waals surface area contributed by atoms with Gasteiger partial charge in [0.2, 0.25) is 41.4 Å². The maximum absolute atomic E-state index is 14.2. The van der Waals surface area contributed by atoms with Crippen LogP contribution >= 0.6 is 0 Å². The summed E-state index contributed by atoms with van der Waals surface area (Å²) in [5.74, 6) is -7.14. The monoisotopic (exact) mass is 1060 g/mol. The molecule has 1 saturated heterocycles. The highest BCUT2D eigenvalue weighted by atomic mass is 16.4. The highest BCUT2D eigenvalue weighted by Gasteiger charge is 2.39. The molecule has 7 amide bonds. The molecule has 0 radical (unpaired) electrons. The fourth-order valence-corrected chi connectivity index (χ4v) is 8.00. The van der Waals surface area contributed by atoms with Crippen molar-refractivity contribution in [1.29, 1.82) is 0 Å². The van der Waals surface area contributed by atoms with Crippen LogP contribution in [0.1, 0.15) is 96.0 Å². The molecule has 1 fully saturated rings. The van der Waals surface area contributed by atoms with Gasteiger partial charge in [0.15, 0.2) is 11.7 Å². The Hall–Kier alpha value is -6.78. The number of carbonyl (C=O) groups is 9. The van der Waals surface area contributed by atoms with E-state index >= 15 is 0 Å². The van der Waals surface area contributed by atoms with E-state index in [1.165, 1.54) is 17.9 Å². The number of carbonyl (C=O) groups excluding carboxylic acids is 8. The summed E-state index contributed by atoms with van der Waals surface area (Å²) in [7, 11) is 0. The Balaban J connectivity index is 2.24. The molecule has 0 aliphatic carbocycles. The molecule has 24 N–H and O–H groups in total. The summed E-state index contributed by atoms with van der Waals surface area (Å²) in [6.07, 6.45) is 3.20. The number of nitrogens with zero attached hydrogens (tertiary/aromatic N) is 2. The van der Waals surface area contributed by atoms with Crippen molar-refractivity contribution in [2.24, 2.45) is 45.1 Å². The predicted octanol–water partition coefficient (Wildman–Crippen LogP) is -4.97. The number of carboxylic acid groups (broad SMARTS) is 1. The third-order valence-corrected chi connectivity index (χ3v) is 12.3. The molecular weight excluding hydrogens is 977 g/mol. The summed E-state index contributed by atoms with van der Waals surface area (Å²) >= 11 is 0. The van der Waals surface area contributed by atoms with Crippen molar-refractivity contribution in [1.82, 2.24) is 36.8 Å². The van der Waals surface area contributed by atoms with E-state index in [1.54, 1.807) is 24.3 Å². The number of unbranched alkanes of at least 4 members (excludes halogenated alkanes) is 2. The number of Topliss-reactive ketones (excluding diaryl/α,β-unsaturated/α-hetero) is 1. The van der Waals surface area contributed by atoms with Gasteiger partial charge in [-0.15, -0.1) is 0 Å². The van der Waals surface area contributed by atoms with Crippen LogP contribution in [0, 0.1) is 0 Å². The van der Waals surface area contributed by atoms with Crippen LogP contribution in [0.5, 0.6) is 0 Å². The normalized spacial score (nSPS) is 16.2. The number of aliphatic hydroxyl groups is 1. The van der Waals surface area contributed by atoms with Crippen molar-refractivity contribution >= 4 is 64.7 Å². The van der Waals surface area contributed by atoms with Crippen LogP contribution in [-0.2, 0) is 49.6 Å². The minimum Gasteiger partial charge on any atom is -0.478 e. The Labute approximate surface area is 437 Å². The average Bonchev–Trinajstić information content (AvgIpc) is 3.88. The molecule has 8 atom stereocenters. The lowest BCUT2D eigenvalue weighted by Crippen LogP contribution is -2.60. The molecular formula is C48H82N16O11. The van der Waals surface area contributed by atoms with Crippen molar-refractivity contribution in [3.63, 3.8) is 0 Å². The van der Waals surface area contributed by atoms with Gasteiger partial charge in [0.1, 0.15) is 30.2 Å². The van der Waals surface area contributed by atoms with Crippen LogP contribution in [-0.4, -0.2) is 168 Å². The molecule has 0 bridgehead atoms. The first-order valence-electron chi connectivity index (χ1n) is 25.3. The second kappa shape index (κ2) is 34.7. The van der Waals surface area contributed by atoms with Crippen molar-refractivity contribution in [3.8, 4) is 0 Å². The van der Waals surface area contributed by atoms with Crippen LogP contribution in [0.3, 0.4) is 0 Å². The van der Waals surface area contributed by atoms with E-state index in [1.807, 2.05) is 0 Å². The van der Waals surface area contributed by atoms with E-state index in [0.29, 0.717) is 56.4 Å². The van der Waals surface area contributed by atoms with Crippen LogP contribution < -0.4 is 77.8 Å². The third kappa shape index (κ3) is 23.5. The van der Waals surface area contributed by atoms with Crippen LogP contribution in [0.4, 0.5) is 5.69 Å². The van der Waals surface area contributed by atoms with Crippen molar-refractivity contribution in [2.75, 3.05) is 51.5 Å². The van der Waals surface area contributed by atoms with Crippen LogP contribution in [0.15, 0.2) is 40.9 Å². The van der Waals surface area contributed by atoms with Gasteiger partial charge in [0.05, 0.1) is 24.7 Å². The summed E-state index contributed by atoms with van der Waals surface area (Å²) in [6, 6.07) is -1.90. The van der Waals surface area contributed by atoms with Crippen molar-refractivity contribution in [3.05, 3.63) is 41.5 Å². The fourth-order valence-electron chi connectivity index (χ4n) is 8.00. The number of nitrogen functional groups attached to an aromatic ring is 1. The van der Waals surface area contributed by atoms with E-state index in [9.17, 15) is 53.4 Å². The molecule has 1 aliphatic heterocycles. The number of ketones is 1. The molecule has 27 nitrogen and oxygen atoms in total. The summed E-state index contributed by atoms with van der Waals surface area (Å²) in [5.41, 5.74) is 46.1. The van der Waals surface area contributed by atoms with Gasteiger partial charge in [0.25, 0.3) is 0 Å². The van der Waals surface area contributed by atoms with Crippen molar-refractivity contribution in [2.45, 2.75) is 145 Å². The van der Waals surface area contributed by atoms with Gasteiger partial charge >= 0.3 is 5.97 Å². The van der Waals surface area contributed by atoms with E-state index in [4.69, 9.17) is 45.9 Å². The van der Waals surface area contributed by atoms with Gasteiger partial charge in [-0.3, -0.25) is 43.3 Å². The second-order valence-corrected chi connectivity index (χ2v) is 18.3. The molecule has 1 aromatic rings. The first-order valence-corrected chi connectivity index (χ1v) is 25.3. The van der Waals surface area contributed by atoms with Gasteiger partial charge in [-0.1, -0.05) is 24.6 Å². The van der Waals surface area contributed by atoms with Crippen LogP contribution in [0.25, 0.3) is 0 Å². The zero-order valence-electron chi connectivity index (χ0n) is 42.9. The molecule has 2 rings (SSSR count). The topological polar surface area (TPSA) is 490 Å². The molecule has 75 heavy (non-hydrogen) atoms. The van der Waals surface area contributed by atoms with Crippen molar-refractivity contribution < 1.29 is 53.4 Å². The zero-order chi connectivity index (χ0) is 56.0. The molecule has 1 heterocycles. The molecule has 1 aliphatic rings. The number of carboxylic acids is 1. The van der Waals surface area contributed by atoms with Gasteiger partial charge in [0, 0.05) is 43.7 Å². The highest BCUT2D eigenvalue weighted by Crippen LogP contribution is 2.21. The lowest BCUT2D eigenvalue weighted by atomic mass is 9.97. The largest absolute Gasteiger partial charge is 0.478 e. The number of guanidine groups is 1. The summed E-state index contributed by atoms with van der Waals surface area (Å²) in [6.45, 7) is 1.37. The fraction of sp³-hybridized carbons (Fsp3) is 0.625. The number of hydrogen-bond acceptors (Lipinski definition) is 17. The number of anilines is 1. The zero-order valence-corrected chi connectivity index (χ0v) is 42.9. The molecule has 1 aromatic carbocycles. The predicted molar refractivity (Wildman–Crippen MR) is 280 cm³/mol. The quantitative estimate of drug-likeness (QED) is 0.00984. The molecule has 0 aromatic heterocycles. The average molecular weight is 1060 g/mol. The van der Waals surface area contributed by atoms with E-state index in [2.05, 4.69) is 36.9 Å².